The van der Waals surface area contributed by atoms with Gasteiger partial charge in [-0.3, -0.25) is 0 Å². The predicted octanol–water partition coefficient (Wildman–Crippen LogP) is 3.95. The van der Waals surface area contributed by atoms with Crippen LogP contribution in [0.5, 0.6) is 0 Å². The lowest BCUT2D eigenvalue weighted by Gasteiger charge is -2.43. The van der Waals surface area contributed by atoms with Crippen molar-refractivity contribution in [1.82, 2.24) is 4.98 Å². The molecule has 2 aromatic rings. The smallest absolute Gasteiger partial charge is 0.186 e. The number of thiazole rings is 1. The number of rotatable bonds is 3. The van der Waals surface area contributed by atoms with E-state index in [9.17, 15) is 0 Å². The molecule has 1 aliphatic rings. The second-order valence-corrected chi connectivity index (χ2v) is 7.12. The summed E-state index contributed by atoms with van der Waals surface area (Å²) in [5.74, 6) is 0. The average Bonchev–Trinajstić information content (AvgIpc) is 2.90. The molecular weight excluding hydrogens is 288 g/mol. The second-order valence-electron chi connectivity index (χ2n) is 5.29. The summed E-state index contributed by atoms with van der Waals surface area (Å²) in [5.41, 5.74) is 1.08. The van der Waals surface area contributed by atoms with E-state index in [-0.39, 0.29) is 11.0 Å². The minimum atomic E-state index is -0.364. The standard InChI is InChI=1S/C15H20N2OS2/c1-3-11-9-17(10-15(19,4-2)18-11)14-16-12-7-5-6-8-13(12)20-14/h5-8,11,19H,3-4,9-10H2,1-2H3. The number of aromatic nitrogens is 1. The number of fused-ring (bicyclic) bond motifs is 1. The van der Waals surface area contributed by atoms with Crippen molar-refractivity contribution in [3.05, 3.63) is 24.3 Å². The Labute approximate surface area is 129 Å². The van der Waals surface area contributed by atoms with E-state index >= 15 is 0 Å². The summed E-state index contributed by atoms with van der Waals surface area (Å²) in [6.07, 6.45) is 2.13. The highest BCUT2D eigenvalue weighted by Gasteiger charge is 2.37. The van der Waals surface area contributed by atoms with Crippen molar-refractivity contribution < 1.29 is 4.74 Å². The van der Waals surface area contributed by atoms with E-state index in [1.165, 1.54) is 4.70 Å². The molecule has 2 heterocycles. The molecule has 0 N–H and O–H groups in total. The Balaban J connectivity index is 1.91. The zero-order valence-electron chi connectivity index (χ0n) is 11.9. The summed E-state index contributed by atoms with van der Waals surface area (Å²) in [7, 11) is 0. The molecular formula is C15H20N2OS2. The lowest BCUT2D eigenvalue weighted by atomic mass is 10.1. The van der Waals surface area contributed by atoms with Crippen molar-refractivity contribution >= 4 is 39.3 Å². The molecule has 0 spiro atoms. The van der Waals surface area contributed by atoms with E-state index in [1.807, 2.05) is 6.07 Å². The van der Waals surface area contributed by atoms with E-state index in [0.717, 1.165) is 36.6 Å². The highest BCUT2D eigenvalue weighted by atomic mass is 32.1. The molecule has 3 rings (SSSR count). The number of thiol groups is 1. The number of morpholine rings is 1. The van der Waals surface area contributed by atoms with Crippen LogP contribution in [0.1, 0.15) is 26.7 Å². The molecule has 1 aromatic heterocycles. The largest absolute Gasteiger partial charge is 0.358 e. The first-order valence-corrected chi connectivity index (χ1v) is 8.40. The van der Waals surface area contributed by atoms with Gasteiger partial charge in [-0.25, -0.2) is 4.98 Å². The molecule has 2 unspecified atom stereocenters. The van der Waals surface area contributed by atoms with Crippen molar-refractivity contribution in [2.45, 2.75) is 37.7 Å². The van der Waals surface area contributed by atoms with Gasteiger partial charge in [-0.15, -0.1) is 12.6 Å². The Morgan fingerprint density at radius 1 is 1.45 bits per heavy atom. The van der Waals surface area contributed by atoms with Crippen LogP contribution >= 0.6 is 24.0 Å². The van der Waals surface area contributed by atoms with Crippen LogP contribution in [0.15, 0.2) is 24.3 Å². The van der Waals surface area contributed by atoms with Gasteiger partial charge in [-0.05, 0) is 25.0 Å². The topological polar surface area (TPSA) is 25.4 Å². The van der Waals surface area contributed by atoms with Gasteiger partial charge in [0, 0.05) is 6.54 Å². The van der Waals surface area contributed by atoms with Gasteiger partial charge in [0.05, 0.1) is 22.9 Å². The van der Waals surface area contributed by atoms with Crippen molar-refractivity contribution in [2.75, 3.05) is 18.0 Å². The third-order valence-electron chi connectivity index (χ3n) is 3.81. The molecule has 108 valence electrons. The van der Waals surface area contributed by atoms with Gasteiger partial charge in [0.2, 0.25) is 0 Å². The number of nitrogens with zero attached hydrogens (tertiary/aromatic N) is 2. The SMILES string of the molecule is CCC1CN(c2nc3ccccc3s2)CC(S)(CC)O1. The highest BCUT2D eigenvalue weighted by Crippen LogP contribution is 2.35. The Hall–Kier alpha value is -0.780. The minimum Gasteiger partial charge on any atom is -0.358 e. The molecule has 20 heavy (non-hydrogen) atoms. The highest BCUT2D eigenvalue weighted by molar-refractivity contribution is 7.81. The summed E-state index contributed by atoms with van der Waals surface area (Å²) >= 11 is 6.50. The van der Waals surface area contributed by atoms with Crippen molar-refractivity contribution in [2.24, 2.45) is 0 Å². The van der Waals surface area contributed by atoms with Crippen LogP contribution in [0.4, 0.5) is 5.13 Å². The summed E-state index contributed by atoms with van der Waals surface area (Å²) in [6, 6.07) is 8.30. The van der Waals surface area contributed by atoms with E-state index < -0.39 is 0 Å². The average molecular weight is 308 g/mol. The first kappa shape index (κ1) is 14.2. The summed E-state index contributed by atoms with van der Waals surface area (Å²) < 4.78 is 7.34. The number of hydrogen-bond acceptors (Lipinski definition) is 5. The van der Waals surface area contributed by atoms with Gasteiger partial charge >= 0.3 is 0 Å². The lowest BCUT2D eigenvalue weighted by molar-refractivity contribution is -0.0499. The molecule has 0 radical (unpaired) electrons. The number of para-hydroxylation sites is 1. The minimum absolute atomic E-state index is 0.230. The summed E-state index contributed by atoms with van der Waals surface area (Å²) in [4.78, 5) is 6.73. The molecule has 3 nitrogen and oxygen atoms in total. The van der Waals surface area contributed by atoms with Gasteiger partial charge in [-0.1, -0.05) is 37.3 Å². The van der Waals surface area contributed by atoms with E-state index in [4.69, 9.17) is 22.3 Å². The van der Waals surface area contributed by atoms with Gasteiger partial charge < -0.3 is 9.64 Å². The van der Waals surface area contributed by atoms with Crippen LogP contribution in [0.2, 0.25) is 0 Å². The first-order chi connectivity index (χ1) is 9.63. The number of ether oxygens (including phenoxy) is 1. The fraction of sp³-hybridized carbons (Fsp3) is 0.533. The maximum atomic E-state index is 6.10. The van der Waals surface area contributed by atoms with Crippen LogP contribution in [0.3, 0.4) is 0 Å². The van der Waals surface area contributed by atoms with Crippen LogP contribution < -0.4 is 4.90 Å². The Bertz CT molecular complexity index is 567. The van der Waals surface area contributed by atoms with Gasteiger partial charge in [0.25, 0.3) is 0 Å². The number of hydrogen-bond donors (Lipinski definition) is 1. The van der Waals surface area contributed by atoms with Crippen molar-refractivity contribution in [1.29, 1.82) is 0 Å². The summed E-state index contributed by atoms with van der Waals surface area (Å²) in [5, 5.41) is 1.08. The molecule has 1 fully saturated rings. The fourth-order valence-electron chi connectivity index (χ4n) is 2.54. The molecule has 0 amide bonds. The maximum Gasteiger partial charge on any atom is 0.186 e. The van der Waals surface area contributed by atoms with Gasteiger partial charge in [0.15, 0.2) is 5.13 Å². The van der Waals surface area contributed by atoms with E-state index in [2.05, 4.69) is 36.9 Å². The van der Waals surface area contributed by atoms with Crippen LogP contribution in [-0.2, 0) is 4.74 Å². The van der Waals surface area contributed by atoms with Crippen LogP contribution in [0, 0.1) is 0 Å². The second kappa shape index (κ2) is 5.54. The van der Waals surface area contributed by atoms with Gasteiger partial charge in [0.1, 0.15) is 4.93 Å². The monoisotopic (exact) mass is 308 g/mol. The first-order valence-electron chi connectivity index (χ1n) is 7.14. The van der Waals surface area contributed by atoms with E-state index in [0.29, 0.717) is 0 Å². The predicted molar refractivity (Wildman–Crippen MR) is 89.0 cm³/mol. The molecule has 0 saturated carbocycles. The zero-order chi connectivity index (χ0) is 14.2. The summed E-state index contributed by atoms with van der Waals surface area (Å²) in [6.45, 7) is 5.99. The maximum absolute atomic E-state index is 6.10. The molecule has 1 aliphatic heterocycles. The van der Waals surface area contributed by atoms with Gasteiger partial charge in [-0.2, -0.15) is 0 Å². The van der Waals surface area contributed by atoms with E-state index in [1.54, 1.807) is 11.3 Å². The van der Waals surface area contributed by atoms with Crippen LogP contribution in [0.25, 0.3) is 10.2 Å². The normalized spacial score (nSPS) is 27.1. The molecule has 2 atom stereocenters. The zero-order valence-corrected chi connectivity index (χ0v) is 13.6. The molecule has 1 aromatic carbocycles. The van der Waals surface area contributed by atoms with Crippen molar-refractivity contribution in [3.63, 3.8) is 0 Å². The Morgan fingerprint density at radius 3 is 2.95 bits per heavy atom. The third-order valence-corrected chi connectivity index (χ3v) is 5.47. The van der Waals surface area contributed by atoms with Crippen LogP contribution in [-0.4, -0.2) is 29.1 Å². The Kier molecular flexibility index (Phi) is 3.93. The third kappa shape index (κ3) is 2.67. The molecule has 5 heteroatoms. The molecule has 0 bridgehead atoms. The molecule has 1 saturated heterocycles. The quantitative estimate of drug-likeness (QED) is 0.869. The number of benzene rings is 1. The number of anilines is 1. The lowest BCUT2D eigenvalue weighted by Crippen LogP contribution is -2.52. The Morgan fingerprint density at radius 2 is 2.25 bits per heavy atom. The fourth-order valence-corrected chi connectivity index (χ4v) is 3.84. The molecule has 0 aliphatic carbocycles. The van der Waals surface area contributed by atoms with Crippen molar-refractivity contribution in [3.8, 4) is 0 Å².